The van der Waals surface area contributed by atoms with E-state index in [2.05, 4.69) is 30.3 Å². The van der Waals surface area contributed by atoms with Crippen molar-refractivity contribution in [2.24, 2.45) is 5.73 Å². The van der Waals surface area contributed by atoms with Gasteiger partial charge >= 0.3 is 0 Å². The Morgan fingerprint density at radius 2 is 2.11 bits per heavy atom. The fraction of sp³-hybridized carbons (Fsp3) is 0.571. The number of fused-ring (bicyclic) bond motifs is 1. The smallest absolute Gasteiger partial charge is 0.110 e. The fourth-order valence-corrected chi connectivity index (χ4v) is 2.26. The van der Waals surface area contributed by atoms with E-state index in [9.17, 15) is 0 Å². The third-order valence-corrected chi connectivity index (χ3v) is 3.02. The number of hydrogen-bond donors (Lipinski definition) is 1. The van der Waals surface area contributed by atoms with Crippen LogP contribution in [0.5, 0.6) is 0 Å². The number of rotatable bonds is 3. The molecule has 2 N–H and O–H groups in total. The van der Waals surface area contributed by atoms with Gasteiger partial charge in [-0.1, -0.05) is 0 Å². The number of hydrogen-bond acceptors (Lipinski definition) is 3. The maximum Gasteiger partial charge on any atom is 0.110 e. The van der Waals surface area contributed by atoms with Crippen molar-refractivity contribution in [2.45, 2.75) is 52.1 Å². The van der Waals surface area contributed by atoms with Gasteiger partial charge < -0.3 is 10.3 Å². The van der Waals surface area contributed by atoms with Crippen LogP contribution in [0.25, 0.3) is 11.0 Å². The largest absolute Gasteiger partial charge is 0.328 e. The van der Waals surface area contributed by atoms with E-state index >= 15 is 0 Å². The number of aromatic nitrogens is 3. The number of pyridine rings is 1. The van der Waals surface area contributed by atoms with Crippen LogP contribution in [0.3, 0.4) is 0 Å². The summed E-state index contributed by atoms with van der Waals surface area (Å²) in [5.74, 6) is 1.10. The molecule has 0 amide bonds. The molecule has 4 heteroatoms. The maximum atomic E-state index is 5.84. The van der Waals surface area contributed by atoms with Crippen LogP contribution in [0.15, 0.2) is 18.5 Å². The summed E-state index contributed by atoms with van der Waals surface area (Å²) in [6.07, 6.45) is 5.50. The third kappa shape index (κ3) is 2.53. The second-order valence-corrected chi connectivity index (χ2v) is 5.91. The Labute approximate surface area is 108 Å². The number of imidazole rings is 1. The van der Waals surface area contributed by atoms with Gasteiger partial charge in [-0.25, -0.2) is 4.98 Å². The standard InChI is InChI=1S/C14H22N4/c1-10(15)5-6-13-17-11-9-16-8-7-12(11)18(13)14(2,3)4/h7-10H,5-6,15H2,1-4H3. The van der Waals surface area contributed by atoms with Crippen molar-refractivity contribution in [1.82, 2.24) is 14.5 Å². The third-order valence-electron chi connectivity index (χ3n) is 3.02. The van der Waals surface area contributed by atoms with Gasteiger partial charge in [-0.3, -0.25) is 4.98 Å². The quantitative estimate of drug-likeness (QED) is 0.905. The van der Waals surface area contributed by atoms with Crippen LogP contribution < -0.4 is 5.73 Å². The summed E-state index contributed by atoms with van der Waals surface area (Å²) in [5, 5.41) is 0. The average Bonchev–Trinajstić information content (AvgIpc) is 2.63. The van der Waals surface area contributed by atoms with Gasteiger partial charge in [-0.15, -0.1) is 0 Å². The Bertz CT molecular complexity index is 534. The van der Waals surface area contributed by atoms with Crippen LogP contribution in [0.4, 0.5) is 0 Å². The molecule has 1 unspecified atom stereocenters. The first-order valence-electron chi connectivity index (χ1n) is 6.47. The van der Waals surface area contributed by atoms with Crippen LogP contribution in [0.2, 0.25) is 0 Å². The fourth-order valence-electron chi connectivity index (χ4n) is 2.26. The van der Waals surface area contributed by atoms with Crippen LogP contribution in [-0.4, -0.2) is 20.6 Å². The van der Waals surface area contributed by atoms with Crippen LogP contribution in [0, 0.1) is 0 Å². The van der Waals surface area contributed by atoms with Crippen molar-refractivity contribution in [2.75, 3.05) is 0 Å². The van der Waals surface area contributed by atoms with Crippen molar-refractivity contribution < 1.29 is 0 Å². The second kappa shape index (κ2) is 4.69. The zero-order chi connectivity index (χ0) is 13.3. The summed E-state index contributed by atoms with van der Waals surface area (Å²) in [4.78, 5) is 8.84. The maximum absolute atomic E-state index is 5.84. The predicted octanol–water partition coefficient (Wildman–Crippen LogP) is 2.47. The SMILES string of the molecule is CC(N)CCc1nc2cnccc2n1C(C)(C)C. The lowest BCUT2D eigenvalue weighted by Crippen LogP contribution is -2.25. The molecule has 2 heterocycles. The molecule has 4 nitrogen and oxygen atoms in total. The van der Waals surface area contributed by atoms with Crippen LogP contribution in [0.1, 0.15) is 39.9 Å². The Morgan fingerprint density at radius 1 is 1.39 bits per heavy atom. The van der Waals surface area contributed by atoms with Crippen LogP contribution in [-0.2, 0) is 12.0 Å². The topological polar surface area (TPSA) is 56.7 Å². The van der Waals surface area contributed by atoms with Crippen LogP contribution >= 0.6 is 0 Å². The number of aryl methyl sites for hydroxylation is 1. The first-order valence-corrected chi connectivity index (χ1v) is 6.47. The molecule has 0 radical (unpaired) electrons. The molecule has 98 valence electrons. The molecular formula is C14H22N4. The summed E-state index contributed by atoms with van der Waals surface area (Å²) in [6.45, 7) is 8.63. The predicted molar refractivity (Wildman–Crippen MR) is 74.5 cm³/mol. The van der Waals surface area contributed by atoms with E-state index in [1.807, 2.05) is 25.4 Å². The number of nitrogens with zero attached hydrogens (tertiary/aromatic N) is 3. The molecule has 1 atom stereocenters. The van der Waals surface area contributed by atoms with E-state index in [1.165, 1.54) is 0 Å². The Kier molecular flexibility index (Phi) is 3.39. The lowest BCUT2D eigenvalue weighted by atomic mass is 10.1. The Hall–Kier alpha value is -1.42. The Morgan fingerprint density at radius 3 is 2.72 bits per heavy atom. The zero-order valence-electron chi connectivity index (χ0n) is 11.6. The van der Waals surface area contributed by atoms with E-state index < -0.39 is 0 Å². The molecule has 2 aromatic rings. The highest BCUT2D eigenvalue weighted by Crippen LogP contribution is 2.25. The van der Waals surface area contributed by atoms with Gasteiger partial charge in [0.25, 0.3) is 0 Å². The molecule has 0 fully saturated rings. The molecule has 0 bridgehead atoms. The van der Waals surface area contributed by atoms with Crippen molar-refractivity contribution >= 4 is 11.0 Å². The highest BCUT2D eigenvalue weighted by molar-refractivity contribution is 5.75. The molecule has 0 aliphatic heterocycles. The van der Waals surface area contributed by atoms with Gasteiger partial charge in [-0.05, 0) is 40.2 Å². The number of nitrogens with two attached hydrogens (primary N) is 1. The monoisotopic (exact) mass is 246 g/mol. The van der Waals surface area contributed by atoms with E-state index in [0.29, 0.717) is 0 Å². The highest BCUT2D eigenvalue weighted by Gasteiger charge is 2.21. The van der Waals surface area contributed by atoms with Gasteiger partial charge in [0.05, 0.1) is 11.7 Å². The minimum Gasteiger partial charge on any atom is -0.328 e. The molecule has 0 aromatic carbocycles. The lowest BCUT2D eigenvalue weighted by Gasteiger charge is -2.25. The molecule has 0 saturated carbocycles. The van der Waals surface area contributed by atoms with Gasteiger partial charge in [0, 0.05) is 24.2 Å². The second-order valence-electron chi connectivity index (χ2n) is 5.91. The summed E-state index contributed by atoms with van der Waals surface area (Å²) in [7, 11) is 0. The normalized spacial score (nSPS) is 14.1. The molecular weight excluding hydrogens is 224 g/mol. The average molecular weight is 246 g/mol. The molecule has 0 spiro atoms. The van der Waals surface area contributed by atoms with Crippen molar-refractivity contribution in [3.8, 4) is 0 Å². The van der Waals surface area contributed by atoms with Gasteiger partial charge in [-0.2, -0.15) is 0 Å². The summed E-state index contributed by atoms with van der Waals surface area (Å²) in [6, 6.07) is 2.24. The lowest BCUT2D eigenvalue weighted by molar-refractivity contribution is 0.391. The minimum absolute atomic E-state index is 0.0171. The van der Waals surface area contributed by atoms with E-state index in [4.69, 9.17) is 10.7 Å². The van der Waals surface area contributed by atoms with E-state index in [0.717, 1.165) is 29.7 Å². The van der Waals surface area contributed by atoms with Crippen molar-refractivity contribution in [3.05, 3.63) is 24.3 Å². The molecule has 18 heavy (non-hydrogen) atoms. The summed E-state index contributed by atoms with van der Waals surface area (Å²) < 4.78 is 2.30. The van der Waals surface area contributed by atoms with Gasteiger partial charge in [0.2, 0.25) is 0 Å². The first kappa shape index (κ1) is 13.0. The van der Waals surface area contributed by atoms with Crippen molar-refractivity contribution in [1.29, 1.82) is 0 Å². The molecule has 2 aromatic heterocycles. The highest BCUT2D eigenvalue weighted by atomic mass is 15.1. The molecule has 0 saturated heterocycles. The Balaban J connectivity index is 2.50. The molecule has 0 aliphatic carbocycles. The molecule has 2 rings (SSSR count). The molecule has 0 aliphatic rings. The zero-order valence-corrected chi connectivity index (χ0v) is 11.6. The van der Waals surface area contributed by atoms with E-state index in [-0.39, 0.29) is 11.6 Å². The summed E-state index contributed by atoms with van der Waals surface area (Å²) >= 11 is 0. The van der Waals surface area contributed by atoms with Gasteiger partial charge in [0.15, 0.2) is 0 Å². The minimum atomic E-state index is 0.0171. The summed E-state index contributed by atoms with van der Waals surface area (Å²) in [5.41, 5.74) is 7.98. The van der Waals surface area contributed by atoms with Crippen molar-refractivity contribution in [3.63, 3.8) is 0 Å². The van der Waals surface area contributed by atoms with E-state index in [1.54, 1.807) is 0 Å². The van der Waals surface area contributed by atoms with Gasteiger partial charge in [0.1, 0.15) is 11.3 Å². The first-order chi connectivity index (χ1) is 8.39.